The summed E-state index contributed by atoms with van der Waals surface area (Å²) in [6.07, 6.45) is 4.28. The molecule has 360 valence electrons. The summed E-state index contributed by atoms with van der Waals surface area (Å²) in [4.78, 5) is 0. The van der Waals surface area contributed by atoms with Gasteiger partial charge in [0.1, 0.15) is 40.7 Å². The van der Waals surface area contributed by atoms with Crippen LogP contribution in [0.5, 0.6) is 0 Å². The maximum Gasteiger partial charge on any atom is 0.282 e. The fraction of sp³-hybridized carbons (Fsp3) is 0.236. The van der Waals surface area contributed by atoms with Crippen LogP contribution in [0.3, 0.4) is 0 Å². The molecule has 0 aliphatic heterocycles. The zero-order valence-electron chi connectivity index (χ0n) is 37.0. The highest BCUT2D eigenvalue weighted by molar-refractivity contribution is 5.73. The first-order valence-corrected chi connectivity index (χ1v) is 22.0. The van der Waals surface area contributed by atoms with Gasteiger partial charge in [-0.05, 0) is 162 Å². The molecule has 7 aromatic carbocycles. The molecule has 0 nitrogen and oxygen atoms in total. The smallest absolute Gasteiger partial charge is 0.211 e. The molecule has 1 saturated carbocycles. The number of aryl methyl sites for hydroxylation is 2. The van der Waals surface area contributed by atoms with Crippen LogP contribution in [0.25, 0.3) is 44.5 Å². The highest BCUT2D eigenvalue weighted by Crippen LogP contribution is 2.40. The number of halogens is 14. The van der Waals surface area contributed by atoms with Crippen LogP contribution < -0.4 is 0 Å². The fourth-order valence-electron chi connectivity index (χ4n) is 8.83. The average Bonchev–Trinajstić information content (AvgIpc) is 4.00. The van der Waals surface area contributed by atoms with E-state index in [-0.39, 0.29) is 16.7 Å². The summed E-state index contributed by atoms with van der Waals surface area (Å²) in [5, 5.41) is 0. The average molecular weight is 969 g/mol. The normalized spacial score (nSPS) is 13.5. The van der Waals surface area contributed by atoms with E-state index in [0.29, 0.717) is 59.0 Å². The van der Waals surface area contributed by atoms with E-state index in [1.165, 1.54) is 41.7 Å². The first-order valence-electron chi connectivity index (χ1n) is 22.0. The van der Waals surface area contributed by atoms with Crippen molar-refractivity contribution >= 4 is 0 Å². The van der Waals surface area contributed by atoms with Gasteiger partial charge in [0.25, 0.3) is 5.92 Å². The zero-order chi connectivity index (χ0) is 49.9. The maximum atomic E-state index is 15.0. The number of alkyl halides is 4. The second kappa shape index (κ2) is 21.1. The molecule has 0 N–H and O–H groups in total. The lowest BCUT2D eigenvalue weighted by atomic mass is 9.94. The third kappa shape index (κ3) is 11.5. The lowest BCUT2D eigenvalue weighted by Gasteiger charge is -2.20. The van der Waals surface area contributed by atoms with Crippen molar-refractivity contribution in [2.75, 3.05) is 0 Å². The first-order chi connectivity index (χ1) is 32.7. The van der Waals surface area contributed by atoms with Crippen LogP contribution in [0.2, 0.25) is 0 Å². The van der Waals surface area contributed by atoms with Crippen LogP contribution >= 0.6 is 0 Å². The topological polar surface area (TPSA) is 0 Å². The van der Waals surface area contributed by atoms with Gasteiger partial charge in [-0.1, -0.05) is 67.4 Å². The molecule has 0 spiro atoms. The van der Waals surface area contributed by atoms with Gasteiger partial charge in [-0.2, -0.15) is 0 Å². The molecular formula is C55H42F14. The Kier molecular flexibility index (Phi) is 15.4. The summed E-state index contributed by atoms with van der Waals surface area (Å²) in [5.41, 5.74) is 2.30. The van der Waals surface area contributed by atoms with E-state index >= 15 is 4.39 Å². The summed E-state index contributed by atoms with van der Waals surface area (Å²) >= 11 is 0. The molecule has 2 aliphatic carbocycles. The molecule has 0 radical (unpaired) electrons. The Hall–Kier alpha value is -6.44. The Bertz CT molecular complexity index is 2890. The van der Waals surface area contributed by atoms with Crippen molar-refractivity contribution in [1.29, 1.82) is 0 Å². The standard InChI is InChI=1S/C30H21F7.C23H17F5.C2H4F2/c1-16-24(31)9-17(10-25(16)32)15-30(36,37)29-27(34)13-22(14-28(29)35)23-8-7-21(12-26(23)33)20-6-5-18-3-2-4-19(18)11-20;24-18-9-16(15-7-5-14(6-8-15)13-3-1-2-4-13)10-19(25)22(18)17-11-20(26)23(28)21(27)12-17;1-2(3)4/h5-14H,2-4,15H2,1H3;5-13H,1-4H2;2H,1H3. The Balaban J connectivity index is 0.000000195. The van der Waals surface area contributed by atoms with Gasteiger partial charge in [-0.25, -0.2) is 61.5 Å². The summed E-state index contributed by atoms with van der Waals surface area (Å²) in [5.74, 6) is -16.2. The molecule has 0 unspecified atom stereocenters. The van der Waals surface area contributed by atoms with E-state index in [1.807, 2.05) is 42.5 Å². The third-order valence-corrected chi connectivity index (χ3v) is 12.3. The highest BCUT2D eigenvalue weighted by atomic mass is 19.3. The molecular weight excluding hydrogens is 927 g/mol. The van der Waals surface area contributed by atoms with Crippen molar-refractivity contribution in [1.82, 2.24) is 0 Å². The van der Waals surface area contributed by atoms with Gasteiger partial charge in [0.2, 0.25) is 6.43 Å². The largest absolute Gasteiger partial charge is 0.282 e. The minimum absolute atomic E-state index is 0.153. The van der Waals surface area contributed by atoms with Crippen molar-refractivity contribution < 1.29 is 61.5 Å². The van der Waals surface area contributed by atoms with E-state index in [1.54, 1.807) is 6.07 Å². The molecule has 1 fully saturated rings. The molecule has 69 heavy (non-hydrogen) atoms. The van der Waals surface area contributed by atoms with Crippen LogP contribution in [-0.4, -0.2) is 6.43 Å². The minimum atomic E-state index is -4.11. The summed E-state index contributed by atoms with van der Waals surface area (Å²) in [6, 6.07) is 23.7. The summed E-state index contributed by atoms with van der Waals surface area (Å²) in [6.45, 7) is 1.97. The van der Waals surface area contributed by atoms with E-state index < -0.39 is 99.2 Å². The summed E-state index contributed by atoms with van der Waals surface area (Å²) < 4.78 is 192. The molecule has 14 heteroatoms. The number of fused-ring (bicyclic) bond motifs is 1. The van der Waals surface area contributed by atoms with Gasteiger partial charge in [0.05, 0.1) is 11.1 Å². The fourth-order valence-corrected chi connectivity index (χ4v) is 8.83. The van der Waals surface area contributed by atoms with Crippen LogP contribution in [0, 0.1) is 65.1 Å². The number of rotatable bonds is 8. The number of hydrogen-bond acceptors (Lipinski definition) is 0. The van der Waals surface area contributed by atoms with E-state index in [2.05, 4.69) is 0 Å². The van der Waals surface area contributed by atoms with Crippen LogP contribution in [-0.2, 0) is 25.2 Å². The minimum Gasteiger partial charge on any atom is -0.211 e. The Morgan fingerprint density at radius 1 is 0.478 bits per heavy atom. The van der Waals surface area contributed by atoms with Gasteiger partial charge in [-0.15, -0.1) is 0 Å². The quantitative estimate of drug-likeness (QED) is 0.105. The molecule has 9 rings (SSSR count). The third-order valence-electron chi connectivity index (χ3n) is 12.3. The van der Waals surface area contributed by atoms with E-state index in [0.717, 1.165) is 63.6 Å². The molecule has 0 aromatic heterocycles. The second-order valence-electron chi connectivity index (χ2n) is 17.1. The molecule has 7 aromatic rings. The summed E-state index contributed by atoms with van der Waals surface area (Å²) in [7, 11) is 0. The lowest BCUT2D eigenvalue weighted by Crippen LogP contribution is -2.21. The maximum absolute atomic E-state index is 15.0. The number of hydrogen-bond donors (Lipinski definition) is 0. The molecule has 0 heterocycles. The van der Waals surface area contributed by atoms with Crippen molar-refractivity contribution in [3.63, 3.8) is 0 Å². The monoisotopic (exact) mass is 968 g/mol. The second-order valence-corrected chi connectivity index (χ2v) is 17.1. The predicted octanol–water partition coefficient (Wildman–Crippen LogP) is 17.5. The highest BCUT2D eigenvalue weighted by Gasteiger charge is 2.39. The van der Waals surface area contributed by atoms with E-state index in [4.69, 9.17) is 0 Å². The SMILES string of the molecule is CC(F)F.Cc1c(F)cc(CC(F)(F)c2c(F)cc(-c3ccc(-c4ccc5c(c4)CCC5)cc3F)cc2F)cc1F.Fc1cc(-c2c(F)cc(-c3ccc(C4CCCC4)cc3)cc2F)cc(F)c1F. The van der Waals surface area contributed by atoms with Crippen LogP contribution in [0.15, 0.2) is 109 Å². The molecule has 0 saturated heterocycles. The van der Waals surface area contributed by atoms with Crippen molar-refractivity contribution in [3.05, 3.63) is 201 Å². The van der Waals surface area contributed by atoms with Crippen LogP contribution in [0.4, 0.5) is 61.5 Å². The molecule has 2 aliphatic rings. The molecule has 0 amide bonds. The van der Waals surface area contributed by atoms with Crippen molar-refractivity contribution in [3.8, 4) is 44.5 Å². The Morgan fingerprint density at radius 2 is 0.957 bits per heavy atom. The lowest BCUT2D eigenvalue weighted by molar-refractivity contribution is -0.0110. The van der Waals surface area contributed by atoms with Gasteiger partial charge < -0.3 is 0 Å². The van der Waals surface area contributed by atoms with Gasteiger partial charge >= 0.3 is 0 Å². The van der Waals surface area contributed by atoms with Gasteiger partial charge in [-0.3, -0.25) is 0 Å². The van der Waals surface area contributed by atoms with E-state index in [9.17, 15) is 57.1 Å². The van der Waals surface area contributed by atoms with Crippen molar-refractivity contribution in [2.24, 2.45) is 0 Å². The Labute approximate surface area is 389 Å². The first kappa shape index (κ1) is 50.4. The van der Waals surface area contributed by atoms with Crippen LogP contribution in [0.1, 0.15) is 78.3 Å². The van der Waals surface area contributed by atoms with Gasteiger partial charge in [0.15, 0.2) is 17.5 Å². The van der Waals surface area contributed by atoms with Crippen molar-refractivity contribution in [2.45, 2.75) is 83.5 Å². The zero-order valence-corrected chi connectivity index (χ0v) is 37.0. The number of benzene rings is 7. The molecule has 0 atom stereocenters. The van der Waals surface area contributed by atoms with Gasteiger partial charge in [0, 0.05) is 17.5 Å². The Morgan fingerprint density at radius 3 is 1.52 bits per heavy atom. The molecule has 0 bridgehead atoms. The predicted molar refractivity (Wildman–Crippen MR) is 238 cm³/mol.